The van der Waals surface area contributed by atoms with Gasteiger partial charge in [-0.1, -0.05) is 30.3 Å². The molecular weight excluding hydrogens is 278 g/mol. The highest BCUT2D eigenvalue weighted by Crippen LogP contribution is 2.09. The van der Waals surface area contributed by atoms with Crippen molar-refractivity contribution in [2.45, 2.75) is 6.04 Å². The molecule has 0 heterocycles. The lowest BCUT2D eigenvalue weighted by molar-refractivity contribution is -0.117. The fraction of sp³-hybridized carbons (Fsp3) is 0.357. The van der Waals surface area contributed by atoms with E-state index in [4.69, 9.17) is 0 Å². The van der Waals surface area contributed by atoms with Gasteiger partial charge in [-0.05, 0) is 17.9 Å². The van der Waals surface area contributed by atoms with Crippen LogP contribution in [0.2, 0.25) is 0 Å². The fourth-order valence-corrected chi connectivity index (χ4v) is 2.92. The third-order valence-electron chi connectivity index (χ3n) is 2.31. The second-order valence-electron chi connectivity index (χ2n) is 3.91. The predicted octanol–water partition coefficient (Wildman–Crippen LogP) is 2.23. The maximum atomic E-state index is 11.7. The summed E-state index contributed by atoms with van der Waals surface area (Å²) in [5.74, 6) is 0.551. The molecule has 0 bridgehead atoms. The van der Waals surface area contributed by atoms with E-state index in [9.17, 15) is 9.90 Å². The van der Waals surface area contributed by atoms with Gasteiger partial charge in [0.2, 0.25) is 5.91 Å². The Morgan fingerprint density at radius 3 is 2.79 bits per heavy atom. The molecular formula is C14H19NO2S2. The molecule has 0 aromatic heterocycles. The molecule has 104 valence electrons. The van der Waals surface area contributed by atoms with Gasteiger partial charge in [-0.15, -0.1) is 11.8 Å². The molecule has 1 atom stereocenters. The van der Waals surface area contributed by atoms with Crippen molar-refractivity contribution in [3.05, 3.63) is 42.0 Å². The SMILES string of the molecule is CSCSC[C@@H](CO)NC(=O)/C=C\c1ccccc1. The van der Waals surface area contributed by atoms with Crippen molar-refractivity contribution in [1.82, 2.24) is 5.32 Å². The molecule has 0 saturated heterocycles. The molecule has 2 N–H and O–H groups in total. The molecule has 19 heavy (non-hydrogen) atoms. The smallest absolute Gasteiger partial charge is 0.244 e. The lowest BCUT2D eigenvalue weighted by Gasteiger charge is -2.14. The van der Waals surface area contributed by atoms with E-state index in [2.05, 4.69) is 5.32 Å². The number of thioether (sulfide) groups is 2. The Labute approximate surface area is 122 Å². The number of amides is 1. The van der Waals surface area contributed by atoms with Crippen molar-refractivity contribution in [2.24, 2.45) is 0 Å². The lowest BCUT2D eigenvalue weighted by Crippen LogP contribution is -2.38. The van der Waals surface area contributed by atoms with Crippen molar-refractivity contribution in [3.63, 3.8) is 0 Å². The zero-order valence-corrected chi connectivity index (χ0v) is 12.5. The summed E-state index contributed by atoms with van der Waals surface area (Å²) in [5.41, 5.74) is 0.981. The molecule has 0 aliphatic rings. The largest absolute Gasteiger partial charge is 0.394 e. The molecule has 1 rings (SSSR count). The number of carbonyl (C=O) groups excluding carboxylic acids is 1. The van der Waals surface area contributed by atoms with Crippen LogP contribution in [0.5, 0.6) is 0 Å². The standard InChI is InChI=1S/C14H19NO2S2/c1-18-11-19-10-13(9-16)15-14(17)8-7-12-5-3-2-4-6-12/h2-8,13,16H,9-11H2,1H3,(H,15,17)/b8-7-/t13-/m1/s1. The summed E-state index contributed by atoms with van der Waals surface area (Å²) in [6, 6.07) is 9.45. The van der Waals surface area contributed by atoms with Crippen LogP contribution in [0.15, 0.2) is 36.4 Å². The number of aliphatic hydroxyl groups is 1. The first-order valence-corrected chi connectivity index (χ1v) is 8.52. The van der Waals surface area contributed by atoms with Crippen molar-refractivity contribution in [1.29, 1.82) is 0 Å². The molecule has 0 radical (unpaired) electrons. The molecule has 0 unspecified atom stereocenters. The topological polar surface area (TPSA) is 49.3 Å². The van der Waals surface area contributed by atoms with Gasteiger partial charge in [0, 0.05) is 16.9 Å². The minimum absolute atomic E-state index is 0.0354. The zero-order chi connectivity index (χ0) is 13.9. The van der Waals surface area contributed by atoms with Crippen LogP contribution in [0.1, 0.15) is 5.56 Å². The molecule has 1 aromatic rings. The number of hydrogen-bond donors (Lipinski definition) is 2. The first kappa shape index (κ1) is 16.1. The monoisotopic (exact) mass is 297 g/mol. The van der Waals surface area contributed by atoms with Crippen molar-refractivity contribution >= 4 is 35.5 Å². The summed E-state index contributed by atoms with van der Waals surface area (Å²) < 4.78 is 0. The molecule has 0 fully saturated rings. The van der Waals surface area contributed by atoms with Gasteiger partial charge < -0.3 is 10.4 Å². The number of hydrogen-bond acceptors (Lipinski definition) is 4. The van der Waals surface area contributed by atoms with E-state index in [1.807, 2.05) is 36.6 Å². The van der Waals surface area contributed by atoms with E-state index in [1.54, 1.807) is 29.6 Å². The third kappa shape index (κ3) is 7.30. The lowest BCUT2D eigenvalue weighted by atomic mass is 10.2. The van der Waals surface area contributed by atoms with Crippen LogP contribution >= 0.6 is 23.5 Å². The van der Waals surface area contributed by atoms with Crippen molar-refractivity contribution in [2.75, 3.05) is 23.7 Å². The maximum absolute atomic E-state index is 11.7. The van der Waals surface area contributed by atoms with Gasteiger partial charge in [-0.2, -0.15) is 11.8 Å². The van der Waals surface area contributed by atoms with Gasteiger partial charge in [0.1, 0.15) is 0 Å². The first-order valence-electron chi connectivity index (χ1n) is 5.97. The normalized spacial score (nSPS) is 12.5. The molecule has 5 heteroatoms. The molecule has 0 aliphatic carbocycles. The number of carbonyl (C=O) groups is 1. The van der Waals surface area contributed by atoms with Gasteiger partial charge in [0.15, 0.2) is 0 Å². The summed E-state index contributed by atoms with van der Waals surface area (Å²) >= 11 is 3.44. The molecule has 0 aliphatic heterocycles. The molecule has 0 spiro atoms. The Hall–Kier alpha value is -0.910. The van der Waals surface area contributed by atoms with E-state index in [1.165, 1.54) is 6.08 Å². The summed E-state index contributed by atoms with van der Waals surface area (Å²) in [7, 11) is 0. The van der Waals surface area contributed by atoms with Gasteiger partial charge in [-0.3, -0.25) is 4.79 Å². The third-order valence-corrected chi connectivity index (χ3v) is 4.56. The van der Waals surface area contributed by atoms with E-state index < -0.39 is 0 Å². The van der Waals surface area contributed by atoms with Crippen LogP contribution in [-0.2, 0) is 4.79 Å². The summed E-state index contributed by atoms with van der Waals surface area (Å²) in [6.07, 6.45) is 5.29. The number of nitrogens with one attached hydrogen (secondary N) is 1. The Bertz CT molecular complexity index is 396. The van der Waals surface area contributed by atoms with E-state index in [0.717, 1.165) is 16.4 Å². The van der Waals surface area contributed by atoms with Crippen LogP contribution < -0.4 is 5.32 Å². The molecule has 1 aromatic carbocycles. The number of rotatable bonds is 8. The molecule has 0 saturated carbocycles. The highest BCUT2D eigenvalue weighted by Gasteiger charge is 2.09. The molecule has 3 nitrogen and oxygen atoms in total. The second-order valence-corrected chi connectivity index (χ2v) is 6.17. The van der Waals surface area contributed by atoms with Gasteiger partial charge >= 0.3 is 0 Å². The summed E-state index contributed by atoms with van der Waals surface area (Å²) in [6.45, 7) is -0.0354. The van der Waals surface area contributed by atoms with Crippen molar-refractivity contribution < 1.29 is 9.90 Å². The van der Waals surface area contributed by atoms with Gasteiger partial charge in [-0.25, -0.2) is 0 Å². The Kier molecular flexibility index (Phi) is 8.45. The predicted molar refractivity (Wildman–Crippen MR) is 85.3 cm³/mol. The van der Waals surface area contributed by atoms with Crippen LogP contribution in [-0.4, -0.2) is 40.8 Å². The number of aliphatic hydroxyl groups excluding tert-OH is 1. The van der Waals surface area contributed by atoms with Crippen LogP contribution in [0.4, 0.5) is 0 Å². The van der Waals surface area contributed by atoms with E-state index in [0.29, 0.717) is 0 Å². The minimum Gasteiger partial charge on any atom is -0.394 e. The Morgan fingerprint density at radius 1 is 1.42 bits per heavy atom. The van der Waals surface area contributed by atoms with Crippen LogP contribution in [0.3, 0.4) is 0 Å². The average molecular weight is 297 g/mol. The Morgan fingerprint density at radius 2 is 2.16 bits per heavy atom. The van der Waals surface area contributed by atoms with E-state index in [-0.39, 0.29) is 18.6 Å². The highest BCUT2D eigenvalue weighted by molar-refractivity contribution is 8.15. The zero-order valence-electron chi connectivity index (χ0n) is 10.9. The van der Waals surface area contributed by atoms with Crippen molar-refractivity contribution in [3.8, 4) is 0 Å². The second kappa shape index (κ2) is 9.95. The highest BCUT2D eigenvalue weighted by atomic mass is 32.2. The first-order chi connectivity index (χ1) is 9.26. The van der Waals surface area contributed by atoms with Gasteiger partial charge in [0.25, 0.3) is 0 Å². The molecule has 1 amide bonds. The Balaban J connectivity index is 2.38. The van der Waals surface area contributed by atoms with Crippen LogP contribution in [0, 0.1) is 0 Å². The van der Waals surface area contributed by atoms with Gasteiger partial charge in [0.05, 0.1) is 12.6 Å². The maximum Gasteiger partial charge on any atom is 0.244 e. The quantitative estimate of drug-likeness (QED) is 0.439. The average Bonchev–Trinajstić information content (AvgIpc) is 2.45. The van der Waals surface area contributed by atoms with Crippen LogP contribution in [0.25, 0.3) is 6.08 Å². The summed E-state index contributed by atoms with van der Waals surface area (Å²) in [4.78, 5) is 11.7. The van der Waals surface area contributed by atoms with E-state index >= 15 is 0 Å². The fourth-order valence-electron chi connectivity index (χ4n) is 1.40. The summed E-state index contributed by atoms with van der Waals surface area (Å²) in [5, 5.41) is 13.0. The number of benzene rings is 1. The minimum atomic E-state index is -0.190.